The summed E-state index contributed by atoms with van der Waals surface area (Å²) in [5.74, 6) is 0.558. The van der Waals surface area contributed by atoms with Gasteiger partial charge in [-0.2, -0.15) is 0 Å². The molecule has 0 aliphatic carbocycles. The van der Waals surface area contributed by atoms with E-state index >= 15 is 0 Å². The molecule has 2 N–H and O–H groups in total. The first-order valence-electron chi connectivity index (χ1n) is 9.01. The fraction of sp³-hybridized carbons (Fsp3) is 0.250. The maximum Gasteiger partial charge on any atom is 0.340 e. The second kappa shape index (κ2) is 7.59. The topological polar surface area (TPSA) is 103 Å². The number of H-pyrrole nitrogens is 1. The van der Waals surface area contributed by atoms with Crippen molar-refractivity contribution >= 4 is 28.3 Å². The van der Waals surface area contributed by atoms with Crippen LogP contribution in [0.3, 0.4) is 0 Å². The standard InChI is InChI=1S/C20H19N3O5S/c1-4-26-19(25)16-10(2)17(21-11(16)3)18(24)23-20-22-13(8-29-20)12-5-6-14-15(7-12)28-9-27-14/h5-8,21H,4,9H2,1-3H3,(H,22,23,24). The molecule has 1 aromatic carbocycles. The smallest absolute Gasteiger partial charge is 0.340 e. The van der Waals surface area contributed by atoms with Crippen LogP contribution < -0.4 is 14.8 Å². The van der Waals surface area contributed by atoms with Crippen LogP contribution in [0, 0.1) is 13.8 Å². The van der Waals surface area contributed by atoms with Crippen molar-refractivity contribution < 1.29 is 23.8 Å². The molecule has 2 aromatic heterocycles. The second-order valence-corrected chi connectivity index (χ2v) is 7.26. The zero-order valence-corrected chi connectivity index (χ0v) is 16.9. The van der Waals surface area contributed by atoms with Gasteiger partial charge >= 0.3 is 5.97 Å². The molecule has 0 radical (unpaired) electrons. The van der Waals surface area contributed by atoms with Gasteiger partial charge < -0.3 is 19.2 Å². The maximum atomic E-state index is 12.7. The second-order valence-electron chi connectivity index (χ2n) is 6.41. The van der Waals surface area contributed by atoms with Crippen molar-refractivity contribution in [2.45, 2.75) is 20.8 Å². The molecule has 3 heterocycles. The third-order valence-corrected chi connectivity index (χ3v) is 5.29. The van der Waals surface area contributed by atoms with Crippen LogP contribution in [0.5, 0.6) is 11.5 Å². The zero-order valence-electron chi connectivity index (χ0n) is 16.1. The fourth-order valence-corrected chi connectivity index (χ4v) is 3.88. The number of hydrogen-bond acceptors (Lipinski definition) is 7. The van der Waals surface area contributed by atoms with Crippen LogP contribution >= 0.6 is 11.3 Å². The highest BCUT2D eigenvalue weighted by atomic mass is 32.1. The SMILES string of the molecule is CCOC(=O)c1c(C)[nH]c(C(=O)Nc2nc(-c3ccc4c(c3)OCO4)cs2)c1C. The summed E-state index contributed by atoms with van der Waals surface area (Å²) < 4.78 is 15.8. The van der Waals surface area contributed by atoms with E-state index in [9.17, 15) is 9.59 Å². The van der Waals surface area contributed by atoms with Gasteiger partial charge in [0.25, 0.3) is 5.91 Å². The van der Waals surface area contributed by atoms with Crippen LogP contribution in [0.4, 0.5) is 5.13 Å². The quantitative estimate of drug-likeness (QED) is 0.615. The van der Waals surface area contributed by atoms with Crippen LogP contribution in [-0.2, 0) is 4.74 Å². The lowest BCUT2D eigenvalue weighted by Gasteiger charge is -2.03. The molecule has 0 fully saturated rings. The average Bonchev–Trinajstić information content (AvgIpc) is 3.40. The van der Waals surface area contributed by atoms with Crippen molar-refractivity contribution in [2.24, 2.45) is 0 Å². The molecule has 0 atom stereocenters. The van der Waals surface area contributed by atoms with Crippen LogP contribution in [0.2, 0.25) is 0 Å². The normalized spacial score (nSPS) is 12.1. The third-order valence-electron chi connectivity index (χ3n) is 4.54. The Morgan fingerprint density at radius 1 is 1.28 bits per heavy atom. The Morgan fingerprint density at radius 3 is 2.86 bits per heavy atom. The van der Waals surface area contributed by atoms with Crippen molar-refractivity contribution in [3.63, 3.8) is 0 Å². The van der Waals surface area contributed by atoms with E-state index in [0.717, 1.165) is 11.3 Å². The molecular formula is C20H19N3O5S. The van der Waals surface area contributed by atoms with Gasteiger partial charge in [-0.3, -0.25) is 10.1 Å². The number of fused-ring (bicyclic) bond motifs is 1. The van der Waals surface area contributed by atoms with Gasteiger partial charge in [-0.15, -0.1) is 11.3 Å². The Labute approximate surface area is 170 Å². The molecule has 1 aliphatic rings. The number of esters is 1. The molecule has 1 aliphatic heterocycles. The van der Waals surface area contributed by atoms with Crippen molar-refractivity contribution in [3.8, 4) is 22.8 Å². The molecule has 0 spiro atoms. The number of nitrogens with zero attached hydrogens (tertiary/aromatic N) is 1. The third kappa shape index (κ3) is 3.56. The highest BCUT2D eigenvalue weighted by molar-refractivity contribution is 7.14. The zero-order chi connectivity index (χ0) is 20.5. The summed E-state index contributed by atoms with van der Waals surface area (Å²) in [6.07, 6.45) is 0. The molecule has 4 rings (SSSR count). The first-order valence-corrected chi connectivity index (χ1v) is 9.89. The summed E-state index contributed by atoms with van der Waals surface area (Å²) in [4.78, 5) is 32.3. The van der Waals surface area contributed by atoms with Gasteiger partial charge in [0.1, 0.15) is 5.69 Å². The van der Waals surface area contributed by atoms with Crippen LogP contribution in [0.1, 0.15) is 39.0 Å². The Kier molecular flexibility index (Phi) is 4.98. The summed E-state index contributed by atoms with van der Waals surface area (Å²) >= 11 is 1.31. The molecule has 0 saturated heterocycles. The number of thiazole rings is 1. The van der Waals surface area contributed by atoms with Gasteiger partial charge in [-0.25, -0.2) is 9.78 Å². The number of hydrogen-bond donors (Lipinski definition) is 2. The molecule has 0 bridgehead atoms. The predicted molar refractivity (Wildman–Crippen MR) is 108 cm³/mol. The lowest BCUT2D eigenvalue weighted by Crippen LogP contribution is -2.14. The van der Waals surface area contributed by atoms with E-state index in [0.29, 0.717) is 39.1 Å². The fourth-order valence-electron chi connectivity index (χ4n) is 3.17. The van der Waals surface area contributed by atoms with E-state index in [1.165, 1.54) is 11.3 Å². The Hall–Kier alpha value is -3.33. The van der Waals surface area contributed by atoms with Crippen LogP contribution in [-0.4, -0.2) is 35.2 Å². The number of nitrogens with one attached hydrogen (secondary N) is 2. The lowest BCUT2D eigenvalue weighted by atomic mass is 10.1. The first-order chi connectivity index (χ1) is 14.0. The molecule has 0 unspecified atom stereocenters. The minimum atomic E-state index is -0.447. The predicted octanol–water partition coefficient (Wildman–Crippen LogP) is 3.91. The van der Waals surface area contributed by atoms with E-state index in [1.54, 1.807) is 20.8 Å². The van der Waals surface area contributed by atoms with E-state index in [-0.39, 0.29) is 19.3 Å². The number of aromatic nitrogens is 2. The molecule has 150 valence electrons. The molecular weight excluding hydrogens is 394 g/mol. The van der Waals surface area contributed by atoms with E-state index < -0.39 is 5.97 Å². The molecule has 0 saturated carbocycles. The molecule has 3 aromatic rings. The minimum absolute atomic E-state index is 0.208. The number of anilines is 1. The molecule has 8 nitrogen and oxygen atoms in total. The summed E-state index contributed by atoms with van der Waals surface area (Å²) in [7, 11) is 0. The number of aryl methyl sites for hydroxylation is 1. The van der Waals surface area contributed by atoms with Gasteiger partial charge in [-0.05, 0) is 44.5 Å². The lowest BCUT2D eigenvalue weighted by molar-refractivity contribution is 0.0525. The largest absolute Gasteiger partial charge is 0.462 e. The van der Waals surface area contributed by atoms with Crippen LogP contribution in [0.15, 0.2) is 23.6 Å². The van der Waals surface area contributed by atoms with E-state index in [1.807, 2.05) is 23.6 Å². The Balaban J connectivity index is 1.53. The van der Waals surface area contributed by atoms with Gasteiger partial charge in [0.2, 0.25) is 6.79 Å². The van der Waals surface area contributed by atoms with Gasteiger partial charge in [0, 0.05) is 16.6 Å². The Bertz CT molecular complexity index is 1100. The highest BCUT2D eigenvalue weighted by Crippen LogP contribution is 2.36. The summed E-state index contributed by atoms with van der Waals surface area (Å²) in [6, 6.07) is 5.57. The minimum Gasteiger partial charge on any atom is -0.462 e. The number of aromatic amines is 1. The molecule has 29 heavy (non-hydrogen) atoms. The summed E-state index contributed by atoms with van der Waals surface area (Å²) in [5, 5.41) is 5.08. The van der Waals surface area contributed by atoms with Crippen molar-refractivity contribution in [1.29, 1.82) is 0 Å². The summed E-state index contributed by atoms with van der Waals surface area (Å²) in [5.41, 5.74) is 3.41. The van der Waals surface area contributed by atoms with E-state index in [4.69, 9.17) is 14.2 Å². The number of rotatable bonds is 5. The molecule has 1 amide bonds. The highest BCUT2D eigenvalue weighted by Gasteiger charge is 2.23. The summed E-state index contributed by atoms with van der Waals surface area (Å²) in [6.45, 7) is 5.66. The Morgan fingerprint density at radius 2 is 2.07 bits per heavy atom. The van der Waals surface area contributed by atoms with Crippen molar-refractivity contribution in [3.05, 3.63) is 46.1 Å². The monoisotopic (exact) mass is 413 g/mol. The number of benzene rings is 1. The first kappa shape index (κ1) is 19.0. The number of carbonyl (C=O) groups is 2. The number of amides is 1. The average molecular weight is 413 g/mol. The van der Waals surface area contributed by atoms with Gasteiger partial charge in [0.05, 0.1) is 17.9 Å². The maximum absolute atomic E-state index is 12.7. The van der Waals surface area contributed by atoms with Gasteiger partial charge in [0.15, 0.2) is 16.6 Å². The van der Waals surface area contributed by atoms with Crippen molar-refractivity contribution in [1.82, 2.24) is 9.97 Å². The number of carbonyl (C=O) groups excluding carboxylic acids is 2. The number of ether oxygens (including phenoxy) is 3. The molecule has 9 heteroatoms. The van der Waals surface area contributed by atoms with Crippen molar-refractivity contribution in [2.75, 3.05) is 18.7 Å². The van der Waals surface area contributed by atoms with Gasteiger partial charge in [-0.1, -0.05) is 0 Å². The van der Waals surface area contributed by atoms with E-state index in [2.05, 4.69) is 15.3 Å². The van der Waals surface area contributed by atoms with Crippen LogP contribution in [0.25, 0.3) is 11.3 Å².